The lowest BCUT2D eigenvalue weighted by Gasteiger charge is -2.21. The summed E-state index contributed by atoms with van der Waals surface area (Å²) in [7, 11) is 0. The molecule has 0 radical (unpaired) electrons. The van der Waals surface area contributed by atoms with Crippen LogP contribution in [0.4, 0.5) is 4.39 Å². The van der Waals surface area contributed by atoms with Gasteiger partial charge in [-0.1, -0.05) is 19.1 Å². The van der Waals surface area contributed by atoms with Gasteiger partial charge in [0.1, 0.15) is 5.82 Å². The van der Waals surface area contributed by atoms with Gasteiger partial charge in [-0.25, -0.2) is 4.39 Å². The van der Waals surface area contributed by atoms with Crippen molar-refractivity contribution in [2.45, 2.75) is 26.2 Å². The minimum absolute atomic E-state index is 0.0244. The molecule has 1 saturated carbocycles. The number of carbonyl (C=O) groups excluding carboxylic acids is 1. The maximum absolute atomic E-state index is 13.2. The largest absolute Gasteiger partial charge is 0.481 e. The summed E-state index contributed by atoms with van der Waals surface area (Å²) in [4.78, 5) is 25.8. The van der Waals surface area contributed by atoms with Gasteiger partial charge in [-0.05, 0) is 48.8 Å². The lowest BCUT2D eigenvalue weighted by Crippen LogP contribution is -2.35. The molecule has 23 heavy (non-hydrogen) atoms. The van der Waals surface area contributed by atoms with Gasteiger partial charge in [0.05, 0.1) is 5.92 Å². The van der Waals surface area contributed by atoms with Gasteiger partial charge in [0.25, 0.3) is 0 Å². The van der Waals surface area contributed by atoms with E-state index in [-0.39, 0.29) is 23.6 Å². The number of rotatable bonds is 5. The third-order valence-electron chi connectivity index (χ3n) is 5.07. The molecule has 1 unspecified atom stereocenters. The van der Waals surface area contributed by atoms with Gasteiger partial charge in [-0.3, -0.25) is 9.59 Å². The van der Waals surface area contributed by atoms with Crippen LogP contribution in [0.5, 0.6) is 0 Å². The molecule has 3 rings (SSSR count). The molecular weight excluding hydrogens is 297 g/mol. The minimum Gasteiger partial charge on any atom is -0.481 e. The van der Waals surface area contributed by atoms with E-state index < -0.39 is 11.9 Å². The third kappa shape index (κ3) is 3.54. The molecule has 1 amide bonds. The Labute approximate surface area is 135 Å². The molecule has 1 heterocycles. The van der Waals surface area contributed by atoms with Crippen LogP contribution in [-0.4, -0.2) is 35.0 Å². The second-order valence-corrected chi connectivity index (χ2v) is 6.92. The van der Waals surface area contributed by atoms with Gasteiger partial charge in [0.2, 0.25) is 5.91 Å². The highest BCUT2D eigenvalue weighted by Gasteiger charge is 2.47. The molecule has 0 aromatic heterocycles. The molecule has 1 N–H and O–H groups in total. The zero-order valence-electron chi connectivity index (χ0n) is 13.2. The van der Waals surface area contributed by atoms with Crippen molar-refractivity contribution in [1.29, 1.82) is 0 Å². The SMILES string of the molecule is CC(Cc1cccc(F)c1)C(=O)N1C[C@H](C(=O)O)[C@@H](C2CC2)C1. The molecule has 1 aromatic carbocycles. The highest BCUT2D eigenvalue weighted by molar-refractivity contribution is 5.81. The maximum atomic E-state index is 13.2. The van der Waals surface area contributed by atoms with E-state index in [9.17, 15) is 19.1 Å². The van der Waals surface area contributed by atoms with Gasteiger partial charge >= 0.3 is 5.97 Å². The van der Waals surface area contributed by atoms with E-state index >= 15 is 0 Å². The van der Waals surface area contributed by atoms with Crippen LogP contribution >= 0.6 is 0 Å². The van der Waals surface area contributed by atoms with E-state index in [1.807, 2.05) is 13.0 Å². The molecule has 1 aromatic rings. The first-order valence-electron chi connectivity index (χ1n) is 8.21. The summed E-state index contributed by atoms with van der Waals surface area (Å²) >= 11 is 0. The van der Waals surface area contributed by atoms with Crippen molar-refractivity contribution in [2.75, 3.05) is 13.1 Å². The lowest BCUT2D eigenvalue weighted by molar-refractivity contribution is -0.143. The maximum Gasteiger partial charge on any atom is 0.308 e. The molecule has 0 spiro atoms. The standard InChI is InChI=1S/C18H22FNO3/c1-11(7-12-3-2-4-14(19)8-12)17(21)20-9-15(13-5-6-13)16(10-20)18(22)23/h2-4,8,11,13,15-16H,5-7,9-10H2,1H3,(H,22,23)/t11?,15-,16+/m1/s1. The molecular formula is C18H22FNO3. The number of hydrogen-bond acceptors (Lipinski definition) is 2. The number of hydrogen-bond donors (Lipinski definition) is 1. The number of aliphatic carboxylic acids is 1. The van der Waals surface area contributed by atoms with Gasteiger partial charge in [-0.15, -0.1) is 0 Å². The van der Waals surface area contributed by atoms with E-state index in [0.717, 1.165) is 18.4 Å². The van der Waals surface area contributed by atoms with Crippen LogP contribution in [0.1, 0.15) is 25.3 Å². The zero-order chi connectivity index (χ0) is 16.6. The predicted octanol–water partition coefficient (Wildman–Crippen LogP) is 2.57. The van der Waals surface area contributed by atoms with Gasteiger partial charge in [0.15, 0.2) is 0 Å². The summed E-state index contributed by atoms with van der Waals surface area (Å²) in [5, 5.41) is 9.38. The molecule has 0 bridgehead atoms. The summed E-state index contributed by atoms with van der Waals surface area (Å²) in [6, 6.07) is 6.28. The highest BCUT2D eigenvalue weighted by atomic mass is 19.1. The number of likely N-dealkylation sites (tertiary alicyclic amines) is 1. The Balaban J connectivity index is 1.64. The molecule has 1 saturated heterocycles. The zero-order valence-corrected chi connectivity index (χ0v) is 13.2. The molecule has 5 heteroatoms. The molecule has 3 atom stereocenters. The fourth-order valence-electron chi connectivity index (χ4n) is 3.69. The number of carboxylic acids is 1. The first-order valence-corrected chi connectivity index (χ1v) is 8.21. The molecule has 4 nitrogen and oxygen atoms in total. The van der Waals surface area contributed by atoms with Crippen molar-refractivity contribution in [3.8, 4) is 0 Å². The van der Waals surface area contributed by atoms with Crippen LogP contribution in [0.3, 0.4) is 0 Å². The number of carbonyl (C=O) groups is 2. The topological polar surface area (TPSA) is 57.6 Å². The fourth-order valence-corrected chi connectivity index (χ4v) is 3.69. The first-order chi connectivity index (χ1) is 11.0. The Hall–Kier alpha value is -1.91. The minimum atomic E-state index is -0.796. The Morgan fingerprint density at radius 3 is 2.70 bits per heavy atom. The summed E-state index contributed by atoms with van der Waals surface area (Å²) in [5.41, 5.74) is 0.790. The van der Waals surface area contributed by atoms with Crippen molar-refractivity contribution >= 4 is 11.9 Å². The van der Waals surface area contributed by atoms with Crippen molar-refractivity contribution in [3.05, 3.63) is 35.6 Å². The van der Waals surface area contributed by atoms with Crippen LogP contribution < -0.4 is 0 Å². The quantitative estimate of drug-likeness (QED) is 0.907. The third-order valence-corrected chi connectivity index (χ3v) is 5.07. The summed E-state index contributed by atoms with van der Waals surface area (Å²) in [6.45, 7) is 2.68. The Bertz CT molecular complexity index is 614. The van der Waals surface area contributed by atoms with Gasteiger partial charge < -0.3 is 10.0 Å². The second kappa shape index (κ2) is 6.30. The van der Waals surface area contributed by atoms with Crippen LogP contribution in [0.15, 0.2) is 24.3 Å². The number of halogens is 1. The molecule has 2 fully saturated rings. The van der Waals surface area contributed by atoms with Crippen molar-refractivity contribution in [3.63, 3.8) is 0 Å². The fraction of sp³-hybridized carbons (Fsp3) is 0.556. The Kier molecular flexibility index (Phi) is 4.37. The molecule has 2 aliphatic rings. The predicted molar refractivity (Wildman–Crippen MR) is 83.2 cm³/mol. The number of amides is 1. The molecule has 1 aliphatic heterocycles. The lowest BCUT2D eigenvalue weighted by atomic mass is 9.92. The molecule has 124 valence electrons. The number of carboxylic acid groups (broad SMARTS) is 1. The average molecular weight is 319 g/mol. The van der Waals surface area contributed by atoms with Crippen LogP contribution in [0.25, 0.3) is 0 Å². The van der Waals surface area contributed by atoms with Crippen molar-refractivity contribution in [2.24, 2.45) is 23.7 Å². The normalized spacial score (nSPS) is 25.4. The summed E-state index contributed by atoms with van der Waals surface area (Å²) < 4.78 is 13.2. The van der Waals surface area contributed by atoms with Crippen LogP contribution in [-0.2, 0) is 16.0 Å². The number of benzene rings is 1. The van der Waals surface area contributed by atoms with Gasteiger partial charge in [-0.2, -0.15) is 0 Å². The summed E-state index contributed by atoms with van der Waals surface area (Å²) in [6.07, 6.45) is 2.63. The average Bonchev–Trinajstić information content (AvgIpc) is 3.24. The van der Waals surface area contributed by atoms with Crippen molar-refractivity contribution in [1.82, 2.24) is 4.90 Å². The first kappa shape index (κ1) is 16.0. The van der Waals surface area contributed by atoms with E-state index in [4.69, 9.17) is 0 Å². The van der Waals surface area contributed by atoms with Crippen LogP contribution in [0, 0.1) is 29.5 Å². The Morgan fingerprint density at radius 2 is 2.09 bits per heavy atom. The second-order valence-electron chi connectivity index (χ2n) is 6.92. The molecule has 1 aliphatic carbocycles. The van der Waals surface area contributed by atoms with Crippen molar-refractivity contribution < 1.29 is 19.1 Å². The Morgan fingerprint density at radius 1 is 1.35 bits per heavy atom. The highest BCUT2D eigenvalue weighted by Crippen LogP contribution is 2.44. The van der Waals surface area contributed by atoms with E-state index in [0.29, 0.717) is 25.4 Å². The van der Waals surface area contributed by atoms with E-state index in [1.54, 1.807) is 11.0 Å². The van der Waals surface area contributed by atoms with E-state index in [1.165, 1.54) is 12.1 Å². The summed E-state index contributed by atoms with van der Waals surface area (Å²) in [5.74, 6) is -1.27. The van der Waals surface area contributed by atoms with E-state index in [2.05, 4.69) is 0 Å². The smallest absolute Gasteiger partial charge is 0.308 e. The number of nitrogens with zero attached hydrogens (tertiary/aromatic N) is 1. The van der Waals surface area contributed by atoms with Gasteiger partial charge in [0, 0.05) is 19.0 Å². The monoisotopic (exact) mass is 319 g/mol. The van der Waals surface area contributed by atoms with Crippen LogP contribution in [0.2, 0.25) is 0 Å².